The van der Waals surface area contributed by atoms with E-state index >= 15 is 0 Å². The van der Waals surface area contributed by atoms with Crippen molar-refractivity contribution in [2.45, 2.75) is 32.4 Å². The Morgan fingerprint density at radius 1 is 1.41 bits per heavy atom. The lowest BCUT2D eigenvalue weighted by atomic mass is 10.1. The van der Waals surface area contributed by atoms with Gasteiger partial charge in [-0.25, -0.2) is 0 Å². The fourth-order valence-electron chi connectivity index (χ4n) is 1.94. The van der Waals surface area contributed by atoms with E-state index in [9.17, 15) is 0 Å². The Kier molecular flexibility index (Phi) is 3.64. The molecule has 1 unspecified atom stereocenters. The van der Waals surface area contributed by atoms with Crippen LogP contribution in [0.3, 0.4) is 0 Å². The molecule has 1 atom stereocenters. The molecule has 0 fully saturated rings. The van der Waals surface area contributed by atoms with E-state index < -0.39 is 0 Å². The van der Waals surface area contributed by atoms with Crippen molar-refractivity contribution in [2.24, 2.45) is 12.8 Å². The largest absolute Gasteiger partial charge is 0.354 e. The van der Waals surface area contributed by atoms with Crippen LogP contribution in [0.2, 0.25) is 0 Å². The molecule has 2 heterocycles. The van der Waals surface area contributed by atoms with Crippen molar-refractivity contribution in [2.75, 3.05) is 0 Å². The Balaban J connectivity index is 1.96. The predicted octanol–water partition coefficient (Wildman–Crippen LogP) is 1.87. The maximum absolute atomic E-state index is 6.00. The van der Waals surface area contributed by atoms with Crippen LogP contribution in [0.1, 0.15) is 30.6 Å². The topological polar surface area (TPSA) is 48.8 Å². The lowest BCUT2D eigenvalue weighted by Gasteiger charge is -2.06. The van der Waals surface area contributed by atoms with Crippen LogP contribution in [0, 0.1) is 0 Å². The number of hydrogen-bond donors (Lipinski definition) is 1. The summed E-state index contributed by atoms with van der Waals surface area (Å²) in [5.74, 6) is 0. The highest BCUT2D eigenvalue weighted by Gasteiger charge is 2.05. The zero-order valence-electron chi connectivity index (χ0n) is 10.5. The van der Waals surface area contributed by atoms with Crippen molar-refractivity contribution in [3.05, 3.63) is 42.0 Å². The summed E-state index contributed by atoms with van der Waals surface area (Å²) < 4.78 is 4.11. The molecule has 4 nitrogen and oxygen atoms in total. The van der Waals surface area contributed by atoms with E-state index in [1.807, 2.05) is 17.9 Å². The van der Waals surface area contributed by atoms with Gasteiger partial charge in [0.25, 0.3) is 0 Å². The molecule has 0 saturated heterocycles. The van der Waals surface area contributed by atoms with Crippen molar-refractivity contribution in [1.29, 1.82) is 0 Å². The highest BCUT2D eigenvalue weighted by Crippen LogP contribution is 2.14. The SMILES string of the molecule is CCC(N)c1ccn(CCc2ccnn2C)c1. The van der Waals surface area contributed by atoms with E-state index in [2.05, 4.69) is 41.1 Å². The normalized spacial score (nSPS) is 12.9. The summed E-state index contributed by atoms with van der Waals surface area (Å²) >= 11 is 0. The van der Waals surface area contributed by atoms with Gasteiger partial charge in [-0.2, -0.15) is 5.10 Å². The van der Waals surface area contributed by atoms with Gasteiger partial charge in [-0.05, 0) is 24.1 Å². The van der Waals surface area contributed by atoms with Gasteiger partial charge in [0.1, 0.15) is 0 Å². The summed E-state index contributed by atoms with van der Waals surface area (Å²) in [6.45, 7) is 3.08. The summed E-state index contributed by atoms with van der Waals surface area (Å²) in [6.07, 6.45) is 8.05. The standard InChI is InChI=1S/C13H20N4/c1-3-13(14)11-5-8-17(10-11)9-6-12-4-7-15-16(12)2/h4-5,7-8,10,13H,3,6,9,14H2,1-2H3. The zero-order chi connectivity index (χ0) is 12.3. The minimum Gasteiger partial charge on any atom is -0.354 e. The van der Waals surface area contributed by atoms with E-state index in [1.54, 1.807) is 0 Å². The van der Waals surface area contributed by atoms with E-state index in [0.717, 1.165) is 19.4 Å². The molecule has 0 aliphatic carbocycles. The molecular weight excluding hydrogens is 212 g/mol. The molecule has 0 aliphatic heterocycles. The summed E-state index contributed by atoms with van der Waals surface area (Å²) in [5.41, 5.74) is 8.46. The Hall–Kier alpha value is -1.55. The van der Waals surface area contributed by atoms with Gasteiger partial charge in [-0.3, -0.25) is 4.68 Å². The second-order valence-corrected chi connectivity index (χ2v) is 4.39. The first kappa shape index (κ1) is 11.9. The molecule has 0 saturated carbocycles. The summed E-state index contributed by atoms with van der Waals surface area (Å²) in [5, 5.41) is 4.16. The molecule has 2 rings (SSSR count). The second-order valence-electron chi connectivity index (χ2n) is 4.39. The number of aromatic nitrogens is 3. The summed E-state index contributed by atoms with van der Waals surface area (Å²) in [7, 11) is 1.98. The highest BCUT2D eigenvalue weighted by atomic mass is 15.3. The molecule has 0 spiro atoms. The molecule has 4 heteroatoms. The number of aryl methyl sites for hydroxylation is 3. The van der Waals surface area contributed by atoms with Crippen LogP contribution < -0.4 is 5.73 Å². The minimum atomic E-state index is 0.160. The molecule has 0 bridgehead atoms. The first-order chi connectivity index (χ1) is 8.20. The van der Waals surface area contributed by atoms with Crippen LogP contribution in [0.25, 0.3) is 0 Å². The predicted molar refractivity (Wildman–Crippen MR) is 68.6 cm³/mol. The maximum Gasteiger partial charge on any atom is 0.0492 e. The van der Waals surface area contributed by atoms with Crippen LogP contribution in [0.4, 0.5) is 0 Å². The third-order valence-corrected chi connectivity index (χ3v) is 3.19. The molecule has 0 amide bonds. The average Bonchev–Trinajstić information content (AvgIpc) is 2.94. The molecule has 2 aromatic heterocycles. The lowest BCUT2D eigenvalue weighted by Crippen LogP contribution is -2.08. The van der Waals surface area contributed by atoms with Crippen molar-refractivity contribution in [1.82, 2.24) is 14.3 Å². The molecule has 0 aromatic carbocycles. The van der Waals surface area contributed by atoms with Gasteiger partial charge in [-0.1, -0.05) is 6.92 Å². The van der Waals surface area contributed by atoms with Gasteiger partial charge in [0.05, 0.1) is 0 Å². The molecule has 0 aliphatic rings. The lowest BCUT2D eigenvalue weighted by molar-refractivity contribution is 0.633. The van der Waals surface area contributed by atoms with Gasteiger partial charge in [0.2, 0.25) is 0 Å². The highest BCUT2D eigenvalue weighted by molar-refractivity contribution is 5.14. The molecular formula is C13H20N4. The van der Waals surface area contributed by atoms with E-state index in [-0.39, 0.29) is 6.04 Å². The first-order valence-electron chi connectivity index (χ1n) is 6.09. The Labute approximate surface area is 102 Å². The second kappa shape index (κ2) is 5.19. The van der Waals surface area contributed by atoms with E-state index in [4.69, 9.17) is 5.73 Å². The van der Waals surface area contributed by atoms with Crippen molar-refractivity contribution in [3.8, 4) is 0 Å². The van der Waals surface area contributed by atoms with Crippen LogP contribution in [-0.4, -0.2) is 14.3 Å². The molecule has 0 radical (unpaired) electrons. The monoisotopic (exact) mass is 232 g/mol. The quantitative estimate of drug-likeness (QED) is 0.855. The molecule has 2 aromatic rings. The van der Waals surface area contributed by atoms with Gasteiger partial charge < -0.3 is 10.3 Å². The van der Waals surface area contributed by atoms with Crippen LogP contribution >= 0.6 is 0 Å². The van der Waals surface area contributed by atoms with E-state index in [0.29, 0.717) is 0 Å². The maximum atomic E-state index is 6.00. The van der Waals surface area contributed by atoms with Crippen molar-refractivity contribution in [3.63, 3.8) is 0 Å². The summed E-state index contributed by atoms with van der Waals surface area (Å²) in [6, 6.07) is 4.33. The molecule has 92 valence electrons. The molecule has 2 N–H and O–H groups in total. The number of hydrogen-bond acceptors (Lipinski definition) is 2. The number of nitrogens with two attached hydrogens (primary N) is 1. The van der Waals surface area contributed by atoms with Crippen molar-refractivity contribution >= 4 is 0 Å². The Morgan fingerprint density at radius 2 is 2.24 bits per heavy atom. The van der Waals surface area contributed by atoms with Crippen LogP contribution in [0.15, 0.2) is 30.7 Å². The zero-order valence-corrected chi connectivity index (χ0v) is 10.5. The molecule has 17 heavy (non-hydrogen) atoms. The van der Waals surface area contributed by atoms with Gasteiger partial charge in [-0.15, -0.1) is 0 Å². The fraction of sp³-hybridized carbons (Fsp3) is 0.462. The number of nitrogens with zero attached hydrogens (tertiary/aromatic N) is 3. The number of rotatable bonds is 5. The van der Waals surface area contributed by atoms with Gasteiger partial charge >= 0.3 is 0 Å². The Bertz CT molecular complexity index is 469. The summed E-state index contributed by atoms with van der Waals surface area (Å²) in [4.78, 5) is 0. The smallest absolute Gasteiger partial charge is 0.0492 e. The third kappa shape index (κ3) is 2.77. The van der Waals surface area contributed by atoms with Crippen LogP contribution in [0.5, 0.6) is 0 Å². The van der Waals surface area contributed by atoms with Crippen molar-refractivity contribution < 1.29 is 0 Å². The van der Waals surface area contributed by atoms with E-state index in [1.165, 1.54) is 11.3 Å². The van der Waals surface area contributed by atoms with Gasteiger partial charge in [0, 0.05) is 50.3 Å². The Morgan fingerprint density at radius 3 is 2.88 bits per heavy atom. The fourth-order valence-corrected chi connectivity index (χ4v) is 1.94. The average molecular weight is 232 g/mol. The minimum absolute atomic E-state index is 0.160. The third-order valence-electron chi connectivity index (χ3n) is 3.19. The van der Waals surface area contributed by atoms with Crippen LogP contribution in [-0.2, 0) is 20.0 Å². The van der Waals surface area contributed by atoms with Gasteiger partial charge in [0.15, 0.2) is 0 Å². The first-order valence-corrected chi connectivity index (χ1v) is 6.09.